The molecule has 1 saturated heterocycles. The maximum atomic E-state index is 13.0. The predicted molar refractivity (Wildman–Crippen MR) is 143 cm³/mol. The first-order valence-electron chi connectivity index (χ1n) is 13.3. The Morgan fingerprint density at radius 3 is 2.30 bits per heavy atom. The second-order valence-corrected chi connectivity index (χ2v) is 10.3. The third kappa shape index (κ3) is 5.91. The summed E-state index contributed by atoms with van der Waals surface area (Å²) in [7, 11) is 0. The van der Waals surface area contributed by atoms with Gasteiger partial charge in [-0.1, -0.05) is 30.7 Å². The summed E-state index contributed by atoms with van der Waals surface area (Å²) in [4.78, 5) is 15.5. The van der Waals surface area contributed by atoms with Crippen LogP contribution in [-0.2, 0) is 19.3 Å². The van der Waals surface area contributed by atoms with Crippen molar-refractivity contribution < 1.29 is 24.9 Å². The van der Waals surface area contributed by atoms with Crippen LogP contribution >= 0.6 is 0 Å². The minimum Gasteiger partial charge on any atom is -0.508 e. The Bertz CT molecular complexity index is 1230. The molecule has 2 aliphatic rings. The predicted octanol–water partition coefficient (Wildman–Crippen LogP) is 5.37. The number of fused-ring (bicyclic) bond motifs is 1. The van der Waals surface area contributed by atoms with Gasteiger partial charge in [0, 0.05) is 19.0 Å². The number of carbonyl (C=O) groups excluding carboxylic acids is 1. The van der Waals surface area contributed by atoms with E-state index in [0.717, 1.165) is 42.1 Å². The summed E-state index contributed by atoms with van der Waals surface area (Å²) >= 11 is 0. The maximum absolute atomic E-state index is 13.0. The van der Waals surface area contributed by atoms with Crippen LogP contribution in [0.2, 0.25) is 0 Å². The molecule has 6 heteroatoms. The van der Waals surface area contributed by atoms with Crippen LogP contribution in [0, 0.1) is 0 Å². The summed E-state index contributed by atoms with van der Waals surface area (Å²) in [5, 5.41) is 30.8. The number of aromatic hydroxyl groups is 3. The van der Waals surface area contributed by atoms with Gasteiger partial charge in [-0.15, -0.1) is 0 Å². The molecule has 1 aliphatic carbocycles. The van der Waals surface area contributed by atoms with Crippen molar-refractivity contribution >= 4 is 5.78 Å². The molecule has 3 N–H and O–H groups in total. The third-order valence-electron chi connectivity index (χ3n) is 7.74. The number of rotatable bonds is 8. The number of nitrogens with zero attached hydrogens (tertiary/aromatic N) is 1. The zero-order valence-corrected chi connectivity index (χ0v) is 21.2. The fourth-order valence-corrected chi connectivity index (χ4v) is 5.69. The number of Topliss-reactive ketones (excluding diaryl/α,β-unsaturated/α-hetero) is 1. The zero-order valence-electron chi connectivity index (χ0n) is 21.2. The van der Waals surface area contributed by atoms with E-state index in [1.807, 2.05) is 36.4 Å². The number of ketones is 1. The number of aryl methyl sites for hydroxylation is 1. The quantitative estimate of drug-likeness (QED) is 0.385. The molecule has 1 aliphatic heterocycles. The van der Waals surface area contributed by atoms with Crippen LogP contribution in [0.15, 0.2) is 54.6 Å². The molecule has 3 aromatic rings. The highest BCUT2D eigenvalue weighted by molar-refractivity contribution is 6.02. The maximum Gasteiger partial charge on any atom is 0.167 e. The Morgan fingerprint density at radius 1 is 0.838 bits per heavy atom. The van der Waals surface area contributed by atoms with Gasteiger partial charge in [0.05, 0.1) is 5.56 Å². The van der Waals surface area contributed by atoms with E-state index in [1.54, 1.807) is 12.1 Å². The zero-order chi connectivity index (χ0) is 25.8. The molecule has 0 bridgehead atoms. The normalized spacial score (nSPS) is 17.9. The van der Waals surface area contributed by atoms with Crippen molar-refractivity contribution in [3.63, 3.8) is 0 Å². The molecule has 6 nitrogen and oxygen atoms in total. The molecule has 194 valence electrons. The minimum absolute atomic E-state index is 0.0214. The largest absolute Gasteiger partial charge is 0.508 e. The molecule has 5 rings (SSSR count). The van der Waals surface area contributed by atoms with Gasteiger partial charge in [0.2, 0.25) is 0 Å². The summed E-state index contributed by atoms with van der Waals surface area (Å²) in [5.74, 6) is 0.712. The molecule has 0 amide bonds. The smallest absolute Gasteiger partial charge is 0.167 e. The summed E-state index contributed by atoms with van der Waals surface area (Å²) in [5.41, 5.74) is 3.85. The lowest BCUT2D eigenvalue weighted by molar-refractivity contribution is 0.0961. The van der Waals surface area contributed by atoms with E-state index >= 15 is 0 Å². The Labute approximate surface area is 218 Å². The number of piperidine rings is 1. The van der Waals surface area contributed by atoms with Gasteiger partial charge in [-0.25, -0.2) is 0 Å². The molecule has 1 atom stereocenters. The second kappa shape index (κ2) is 11.3. The minimum atomic E-state index is -0.156. The SMILES string of the molecule is O=C1CC(c2ccc(O)cc2)Cc2c(CCc3ccc(OCCN4CCCCC4)cc3)c(O)cc(O)c21. The van der Waals surface area contributed by atoms with Gasteiger partial charge in [-0.2, -0.15) is 0 Å². The van der Waals surface area contributed by atoms with Gasteiger partial charge in [-0.05, 0) is 97.6 Å². The standard InChI is InChI=1S/C31H35NO5/c33-24-9-7-22(8-10-24)23-18-27-26(28(34)20-30(36)31(27)29(35)19-23)13-6-21-4-11-25(12-5-21)37-17-16-32-14-2-1-3-15-32/h4-5,7-12,20,23,33-34,36H,1-3,6,13-19H2. The van der Waals surface area contributed by atoms with Crippen molar-refractivity contribution in [2.45, 2.75) is 50.9 Å². The van der Waals surface area contributed by atoms with Crippen LogP contribution in [-0.4, -0.2) is 52.2 Å². The summed E-state index contributed by atoms with van der Waals surface area (Å²) < 4.78 is 5.94. The van der Waals surface area contributed by atoms with Crippen molar-refractivity contribution in [1.29, 1.82) is 0 Å². The molecule has 0 saturated carbocycles. The fourth-order valence-electron chi connectivity index (χ4n) is 5.69. The van der Waals surface area contributed by atoms with Crippen molar-refractivity contribution in [1.82, 2.24) is 4.90 Å². The first kappa shape index (κ1) is 25.2. The van der Waals surface area contributed by atoms with Gasteiger partial charge in [0.1, 0.15) is 29.6 Å². The molecule has 37 heavy (non-hydrogen) atoms. The van der Waals surface area contributed by atoms with E-state index in [0.29, 0.717) is 37.0 Å². The van der Waals surface area contributed by atoms with Gasteiger partial charge >= 0.3 is 0 Å². The van der Waals surface area contributed by atoms with Crippen LogP contribution in [0.4, 0.5) is 0 Å². The monoisotopic (exact) mass is 501 g/mol. The second-order valence-electron chi connectivity index (χ2n) is 10.3. The van der Waals surface area contributed by atoms with E-state index < -0.39 is 0 Å². The Kier molecular flexibility index (Phi) is 7.65. The number of benzene rings is 3. The van der Waals surface area contributed by atoms with E-state index in [9.17, 15) is 20.1 Å². The lowest BCUT2D eigenvalue weighted by Crippen LogP contribution is -2.33. The van der Waals surface area contributed by atoms with Gasteiger partial charge in [0.15, 0.2) is 5.78 Å². The van der Waals surface area contributed by atoms with Crippen molar-refractivity contribution in [3.05, 3.63) is 82.4 Å². The first-order chi connectivity index (χ1) is 18.0. The van der Waals surface area contributed by atoms with Crippen LogP contribution in [0.25, 0.3) is 0 Å². The highest BCUT2D eigenvalue weighted by Gasteiger charge is 2.32. The Morgan fingerprint density at radius 2 is 1.57 bits per heavy atom. The van der Waals surface area contributed by atoms with Crippen LogP contribution in [0.5, 0.6) is 23.0 Å². The average molecular weight is 502 g/mol. The topological polar surface area (TPSA) is 90.2 Å². The third-order valence-corrected chi connectivity index (χ3v) is 7.74. The van der Waals surface area contributed by atoms with Crippen molar-refractivity contribution in [2.24, 2.45) is 0 Å². The van der Waals surface area contributed by atoms with E-state index in [1.165, 1.54) is 25.3 Å². The number of phenols is 3. The Hall–Kier alpha value is -3.51. The van der Waals surface area contributed by atoms with E-state index in [-0.39, 0.29) is 35.4 Å². The lowest BCUT2D eigenvalue weighted by atomic mass is 9.76. The number of hydrogen-bond donors (Lipinski definition) is 3. The Balaban J connectivity index is 1.26. The molecule has 0 spiro atoms. The van der Waals surface area contributed by atoms with Crippen LogP contribution in [0.1, 0.15) is 64.2 Å². The number of ether oxygens (including phenoxy) is 1. The molecule has 0 radical (unpaired) electrons. The summed E-state index contributed by atoms with van der Waals surface area (Å²) in [6.45, 7) is 3.97. The van der Waals surface area contributed by atoms with Gasteiger partial charge < -0.3 is 20.1 Å². The molecular formula is C31H35NO5. The van der Waals surface area contributed by atoms with Gasteiger partial charge in [0.25, 0.3) is 0 Å². The lowest BCUT2D eigenvalue weighted by Gasteiger charge is -2.27. The highest BCUT2D eigenvalue weighted by atomic mass is 16.5. The highest BCUT2D eigenvalue weighted by Crippen LogP contribution is 2.42. The number of phenolic OH excluding ortho intramolecular Hbond substituents is 3. The van der Waals surface area contributed by atoms with Crippen molar-refractivity contribution in [2.75, 3.05) is 26.2 Å². The first-order valence-corrected chi connectivity index (χ1v) is 13.3. The molecule has 0 aromatic heterocycles. The molecule has 1 fully saturated rings. The average Bonchev–Trinajstić information content (AvgIpc) is 2.90. The van der Waals surface area contributed by atoms with Crippen LogP contribution in [0.3, 0.4) is 0 Å². The van der Waals surface area contributed by atoms with E-state index in [2.05, 4.69) is 4.90 Å². The summed E-state index contributed by atoms with van der Waals surface area (Å²) in [6.07, 6.45) is 5.97. The number of carbonyl (C=O) groups is 1. The molecule has 1 unspecified atom stereocenters. The van der Waals surface area contributed by atoms with E-state index in [4.69, 9.17) is 4.74 Å². The van der Waals surface area contributed by atoms with Gasteiger partial charge in [-0.3, -0.25) is 9.69 Å². The fraction of sp³-hybridized carbons (Fsp3) is 0.387. The van der Waals surface area contributed by atoms with Crippen LogP contribution < -0.4 is 4.74 Å². The number of hydrogen-bond acceptors (Lipinski definition) is 6. The molecule has 1 heterocycles. The summed E-state index contributed by atoms with van der Waals surface area (Å²) in [6, 6.07) is 16.3. The molecule has 3 aromatic carbocycles. The van der Waals surface area contributed by atoms with Crippen molar-refractivity contribution in [3.8, 4) is 23.0 Å². The number of likely N-dealkylation sites (tertiary alicyclic amines) is 1. The molecular weight excluding hydrogens is 466 g/mol.